The van der Waals surface area contributed by atoms with E-state index in [0.717, 1.165) is 0 Å². The first kappa shape index (κ1) is 13.7. The second-order valence-electron chi connectivity index (χ2n) is 3.69. The fourth-order valence-electron chi connectivity index (χ4n) is 1.37. The third-order valence-corrected chi connectivity index (χ3v) is 2.64. The van der Waals surface area contributed by atoms with Crippen molar-refractivity contribution >= 4 is 0 Å². The molecule has 0 bridgehead atoms. The highest BCUT2D eigenvalue weighted by Gasteiger charge is 2.80. The van der Waals surface area contributed by atoms with Gasteiger partial charge in [-0.15, -0.1) is 0 Å². The molecule has 0 radical (unpaired) electrons. The van der Waals surface area contributed by atoms with Gasteiger partial charge < -0.3 is 51.1 Å². The van der Waals surface area contributed by atoms with E-state index in [1.54, 1.807) is 0 Å². The van der Waals surface area contributed by atoms with Crippen LogP contribution in [0.2, 0.25) is 0 Å². The first-order chi connectivity index (χ1) is 6.82. The van der Waals surface area contributed by atoms with Crippen LogP contribution < -0.4 is 0 Å². The number of rotatable bonds is 0. The number of aliphatic hydroxyl groups is 10. The Morgan fingerprint density at radius 3 is 0.875 bits per heavy atom. The minimum absolute atomic E-state index is 2.88. The highest BCUT2D eigenvalue weighted by atomic mass is 16.7. The average molecular weight is 244 g/mol. The van der Waals surface area contributed by atoms with E-state index in [-0.39, 0.29) is 0 Å². The topological polar surface area (TPSA) is 202 Å². The molecular formula is C6H12O10. The normalized spacial score (nSPS) is 39.4. The molecule has 0 spiro atoms. The SMILES string of the molecule is O[C@@H]1[C@@H](O)C(O)(O)C(O)(O)C(O)(O)C1(O)O. The van der Waals surface area contributed by atoms with Gasteiger partial charge in [0.05, 0.1) is 0 Å². The average Bonchev–Trinajstić information content (AvgIpc) is 2.12. The summed E-state index contributed by atoms with van der Waals surface area (Å²) in [6.45, 7) is 0. The molecule has 0 aliphatic heterocycles. The van der Waals surface area contributed by atoms with E-state index >= 15 is 0 Å². The maximum Gasteiger partial charge on any atom is 0.282 e. The van der Waals surface area contributed by atoms with E-state index in [4.69, 9.17) is 51.1 Å². The summed E-state index contributed by atoms with van der Waals surface area (Å²) in [5.74, 6) is -16.7. The molecule has 2 atom stereocenters. The van der Waals surface area contributed by atoms with Gasteiger partial charge in [0.2, 0.25) is 0 Å². The minimum atomic E-state index is -4.33. The Hall–Kier alpha value is -0.400. The van der Waals surface area contributed by atoms with Gasteiger partial charge in [-0.3, -0.25) is 0 Å². The van der Waals surface area contributed by atoms with Crippen LogP contribution in [0.1, 0.15) is 0 Å². The van der Waals surface area contributed by atoms with Crippen molar-refractivity contribution in [2.45, 2.75) is 35.4 Å². The molecule has 1 rings (SSSR count). The zero-order valence-electron chi connectivity index (χ0n) is 7.63. The lowest BCUT2D eigenvalue weighted by molar-refractivity contribution is -0.554. The van der Waals surface area contributed by atoms with Crippen molar-refractivity contribution in [3.63, 3.8) is 0 Å². The van der Waals surface area contributed by atoms with Crippen molar-refractivity contribution in [3.05, 3.63) is 0 Å². The van der Waals surface area contributed by atoms with Crippen molar-refractivity contribution in [2.24, 2.45) is 0 Å². The number of hydrogen-bond acceptors (Lipinski definition) is 10. The van der Waals surface area contributed by atoms with Gasteiger partial charge in [0.1, 0.15) is 12.2 Å². The molecule has 0 aromatic heterocycles. The second kappa shape index (κ2) is 3.08. The Morgan fingerprint density at radius 1 is 0.500 bits per heavy atom. The summed E-state index contributed by atoms with van der Waals surface area (Å²) in [5.41, 5.74) is 0. The van der Waals surface area contributed by atoms with Gasteiger partial charge in [0.15, 0.2) is 0 Å². The molecule has 0 unspecified atom stereocenters. The molecule has 1 saturated carbocycles. The maximum atomic E-state index is 9.02. The summed E-state index contributed by atoms with van der Waals surface area (Å²) < 4.78 is 0. The molecule has 1 fully saturated rings. The van der Waals surface area contributed by atoms with Crippen molar-refractivity contribution in [1.29, 1.82) is 0 Å². The summed E-state index contributed by atoms with van der Waals surface area (Å²) in [6.07, 6.45) is -5.77. The van der Waals surface area contributed by atoms with Crippen LogP contribution >= 0.6 is 0 Å². The largest absolute Gasteiger partial charge is 0.384 e. The van der Waals surface area contributed by atoms with Crippen molar-refractivity contribution in [1.82, 2.24) is 0 Å². The van der Waals surface area contributed by atoms with Crippen LogP contribution in [0.15, 0.2) is 0 Å². The van der Waals surface area contributed by atoms with Crippen molar-refractivity contribution < 1.29 is 51.1 Å². The van der Waals surface area contributed by atoms with Gasteiger partial charge in [-0.2, -0.15) is 0 Å². The lowest BCUT2D eigenvalue weighted by Crippen LogP contribution is -2.87. The molecular weight excluding hydrogens is 232 g/mol. The van der Waals surface area contributed by atoms with E-state index in [1.807, 2.05) is 0 Å². The molecule has 16 heavy (non-hydrogen) atoms. The quantitative estimate of drug-likeness (QED) is 0.182. The van der Waals surface area contributed by atoms with Crippen LogP contribution in [-0.4, -0.2) is 86.4 Å². The van der Waals surface area contributed by atoms with Gasteiger partial charge >= 0.3 is 0 Å². The van der Waals surface area contributed by atoms with E-state index in [1.165, 1.54) is 0 Å². The van der Waals surface area contributed by atoms with Gasteiger partial charge in [0.25, 0.3) is 23.1 Å². The van der Waals surface area contributed by atoms with E-state index in [2.05, 4.69) is 0 Å². The van der Waals surface area contributed by atoms with E-state index in [9.17, 15) is 0 Å². The molecule has 1 aliphatic carbocycles. The molecule has 0 amide bonds. The molecule has 1 aliphatic rings. The summed E-state index contributed by atoms with van der Waals surface area (Å²) in [4.78, 5) is 0. The van der Waals surface area contributed by atoms with Crippen LogP contribution in [0.3, 0.4) is 0 Å². The number of hydrogen-bond donors (Lipinski definition) is 10. The Kier molecular flexibility index (Phi) is 2.63. The first-order valence-electron chi connectivity index (χ1n) is 3.97. The smallest absolute Gasteiger partial charge is 0.282 e. The molecule has 96 valence electrons. The summed E-state index contributed by atoms with van der Waals surface area (Å²) in [7, 11) is 0. The fraction of sp³-hybridized carbons (Fsp3) is 1.00. The van der Waals surface area contributed by atoms with Crippen molar-refractivity contribution in [2.75, 3.05) is 0 Å². The highest BCUT2D eigenvalue weighted by Crippen LogP contribution is 2.44. The van der Waals surface area contributed by atoms with Crippen LogP contribution in [0.25, 0.3) is 0 Å². The monoisotopic (exact) mass is 244 g/mol. The predicted molar refractivity (Wildman–Crippen MR) is 40.7 cm³/mol. The first-order valence-corrected chi connectivity index (χ1v) is 3.97. The van der Waals surface area contributed by atoms with E-state index in [0.29, 0.717) is 0 Å². The number of aliphatic hydroxyl groups excluding tert-OH is 2. The van der Waals surface area contributed by atoms with E-state index < -0.39 is 35.4 Å². The lowest BCUT2D eigenvalue weighted by Gasteiger charge is -2.55. The Labute approximate surface area is 87.5 Å². The molecule has 10 N–H and O–H groups in total. The summed E-state index contributed by atoms with van der Waals surface area (Å²) >= 11 is 0. The highest BCUT2D eigenvalue weighted by molar-refractivity contribution is 5.13. The van der Waals surface area contributed by atoms with Crippen LogP contribution in [0, 0.1) is 0 Å². The fourth-order valence-corrected chi connectivity index (χ4v) is 1.37. The molecule has 0 aromatic rings. The maximum absolute atomic E-state index is 9.02. The zero-order chi connectivity index (χ0) is 13.2. The molecule has 10 nitrogen and oxygen atoms in total. The Bertz CT molecular complexity index is 264. The van der Waals surface area contributed by atoms with Gasteiger partial charge in [-0.05, 0) is 0 Å². The third-order valence-electron chi connectivity index (χ3n) is 2.64. The van der Waals surface area contributed by atoms with Gasteiger partial charge in [-0.1, -0.05) is 0 Å². The molecule has 0 heterocycles. The van der Waals surface area contributed by atoms with Gasteiger partial charge in [-0.25, -0.2) is 0 Å². The lowest BCUT2D eigenvalue weighted by atomic mass is 9.74. The molecule has 0 aromatic carbocycles. The Balaban J connectivity index is 3.42. The molecule has 0 saturated heterocycles. The third kappa shape index (κ3) is 1.19. The molecule has 10 heteroatoms. The zero-order valence-corrected chi connectivity index (χ0v) is 7.63. The minimum Gasteiger partial charge on any atom is -0.384 e. The van der Waals surface area contributed by atoms with Gasteiger partial charge in [0, 0.05) is 0 Å². The summed E-state index contributed by atoms with van der Waals surface area (Å²) in [6, 6.07) is 0. The van der Waals surface area contributed by atoms with Crippen LogP contribution in [0.4, 0.5) is 0 Å². The second-order valence-corrected chi connectivity index (χ2v) is 3.69. The summed E-state index contributed by atoms with van der Waals surface area (Å²) in [5, 5.41) is 90.1. The standard InChI is InChI=1S/C6H12O10/c7-1-2(8)4(11,12)6(15,16)5(13,14)3(1,9)10/h1-2,7-16H/t1-,2-/m1/s1. The predicted octanol–water partition coefficient (Wildman–Crippen LogP) is -6.55. The van der Waals surface area contributed by atoms with Crippen LogP contribution in [-0.2, 0) is 0 Å². The van der Waals surface area contributed by atoms with Crippen molar-refractivity contribution in [3.8, 4) is 0 Å². The van der Waals surface area contributed by atoms with Crippen LogP contribution in [0.5, 0.6) is 0 Å². The Morgan fingerprint density at radius 2 is 0.688 bits per heavy atom.